The molecule has 4 heteroatoms. The van der Waals surface area contributed by atoms with Crippen LogP contribution < -0.4 is 11.1 Å². The Morgan fingerprint density at radius 3 is 2.61 bits per heavy atom. The summed E-state index contributed by atoms with van der Waals surface area (Å²) < 4.78 is 5.36. The van der Waals surface area contributed by atoms with Gasteiger partial charge in [-0.05, 0) is 25.1 Å². The minimum Gasteiger partial charge on any atom is -0.456 e. The summed E-state index contributed by atoms with van der Waals surface area (Å²) in [6.07, 6.45) is 0.619. The predicted molar refractivity (Wildman–Crippen MR) is 72.5 cm³/mol. The molecule has 1 heterocycles. The third-order valence-corrected chi connectivity index (χ3v) is 2.75. The second kappa shape index (κ2) is 7.84. The molecule has 0 radical (unpaired) electrons. The van der Waals surface area contributed by atoms with Crippen molar-refractivity contribution in [3.05, 3.63) is 35.9 Å². The van der Waals surface area contributed by atoms with Crippen molar-refractivity contribution in [1.29, 1.82) is 0 Å². The number of nitrogens with one attached hydrogen (secondary N) is 1. The summed E-state index contributed by atoms with van der Waals surface area (Å²) in [6.45, 7) is 5.53. The van der Waals surface area contributed by atoms with Crippen LogP contribution >= 0.6 is 0 Å². The predicted octanol–water partition coefficient (Wildman–Crippen LogP) is 1.56. The number of hydrogen-bond acceptors (Lipinski definition) is 4. The Labute approximate surface area is 109 Å². The molecule has 1 aliphatic rings. The van der Waals surface area contributed by atoms with E-state index >= 15 is 0 Å². The first kappa shape index (κ1) is 14.7. The van der Waals surface area contributed by atoms with E-state index in [0.29, 0.717) is 12.1 Å². The summed E-state index contributed by atoms with van der Waals surface area (Å²) in [5.74, 6) is -0.301. The number of benzene rings is 1. The molecule has 0 aromatic heterocycles. The van der Waals surface area contributed by atoms with Gasteiger partial charge in [0.1, 0.15) is 6.10 Å². The largest absolute Gasteiger partial charge is 0.456 e. The van der Waals surface area contributed by atoms with Crippen molar-refractivity contribution in [3.63, 3.8) is 0 Å². The maximum absolute atomic E-state index is 11.8. The molecule has 4 nitrogen and oxygen atoms in total. The van der Waals surface area contributed by atoms with Crippen LogP contribution in [0.5, 0.6) is 0 Å². The molecule has 1 aromatic carbocycles. The topological polar surface area (TPSA) is 64.3 Å². The van der Waals surface area contributed by atoms with Crippen LogP contribution in [-0.2, 0) is 4.74 Å². The lowest BCUT2D eigenvalue weighted by atomic mass is 10.0. The summed E-state index contributed by atoms with van der Waals surface area (Å²) in [4.78, 5) is 11.8. The zero-order valence-corrected chi connectivity index (χ0v) is 11.1. The first-order valence-corrected chi connectivity index (χ1v) is 6.49. The maximum atomic E-state index is 11.8. The fourth-order valence-corrected chi connectivity index (χ4v) is 1.76. The lowest BCUT2D eigenvalue weighted by molar-refractivity contribution is 0.0191. The van der Waals surface area contributed by atoms with E-state index in [-0.39, 0.29) is 18.1 Å². The molecule has 0 spiro atoms. The average Bonchev–Trinajstić information content (AvgIpc) is 2.44. The summed E-state index contributed by atoms with van der Waals surface area (Å²) in [5, 5.41) is 3.16. The number of piperidine rings is 1. The Kier molecular flexibility index (Phi) is 6.39. The van der Waals surface area contributed by atoms with Gasteiger partial charge >= 0.3 is 5.97 Å². The Morgan fingerprint density at radius 1 is 1.33 bits per heavy atom. The summed E-state index contributed by atoms with van der Waals surface area (Å²) >= 11 is 0. The van der Waals surface area contributed by atoms with Crippen molar-refractivity contribution >= 4 is 5.97 Å². The van der Waals surface area contributed by atoms with E-state index in [2.05, 4.69) is 5.32 Å². The number of hydrogen-bond donors (Lipinski definition) is 2. The van der Waals surface area contributed by atoms with Crippen LogP contribution in [0.25, 0.3) is 0 Å². The quantitative estimate of drug-likeness (QED) is 0.782. The molecule has 3 N–H and O–H groups in total. The number of rotatable bonds is 2. The van der Waals surface area contributed by atoms with Crippen molar-refractivity contribution in [2.24, 2.45) is 5.73 Å². The molecule has 100 valence electrons. The SMILES string of the molecule is CC.NC1CCNCC1OC(=O)c1ccccc1. The van der Waals surface area contributed by atoms with Crippen LogP contribution in [0.4, 0.5) is 0 Å². The third-order valence-electron chi connectivity index (χ3n) is 2.75. The van der Waals surface area contributed by atoms with E-state index in [4.69, 9.17) is 10.5 Å². The highest BCUT2D eigenvalue weighted by atomic mass is 16.5. The fraction of sp³-hybridized carbons (Fsp3) is 0.500. The van der Waals surface area contributed by atoms with E-state index < -0.39 is 0 Å². The number of nitrogens with two attached hydrogens (primary N) is 1. The van der Waals surface area contributed by atoms with Gasteiger partial charge in [-0.3, -0.25) is 0 Å². The molecule has 2 rings (SSSR count). The van der Waals surface area contributed by atoms with Crippen molar-refractivity contribution in [3.8, 4) is 0 Å². The Bertz CT molecular complexity index is 354. The molecule has 1 aromatic rings. The van der Waals surface area contributed by atoms with E-state index in [0.717, 1.165) is 13.0 Å². The van der Waals surface area contributed by atoms with Gasteiger partial charge in [-0.25, -0.2) is 4.79 Å². The molecular formula is C14H22N2O2. The van der Waals surface area contributed by atoms with Crippen molar-refractivity contribution in [1.82, 2.24) is 5.32 Å². The molecule has 18 heavy (non-hydrogen) atoms. The standard InChI is InChI=1S/C12H16N2O2.C2H6/c13-10-6-7-14-8-11(10)16-12(15)9-4-2-1-3-5-9;1-2/h1-5,10-11,14H,6-8,13H2;1-2H3. The zero-order valence-electron chi connectivity index (χ0n) is 11.1. The van der Waals surface area contributed by atoms with Gasteiger partial charge < -0.3 is 15.8 Å². The highest BCUT2D eigenvalue weighted by Crippen LogP contribution is 2.09. The van der Waals surface area contributed by atoms with Gasteiger partial charge in [0.25, 0.3) is 0 Å². The number of ether oxygens (including phenoxy) is 1. The van der Waals surface area contributed by atoms with Crippen molar-refractivity contribution in [2.45, 2.75) is 32.4 Å². The lowest BCUT2D eigenvalue weighted by Gasteiger charge is -2.28. The molecule has 1 fully saturated rings. The minimum absolute atomic E-state index is 0.0612. The molecule has 1 saturated heterocycles. The van der Waals surface area contributed by atoms with Crippen molar-refractivity contribution in [2.75, 3.05) is 13.1 Å². The molecule has 0 amide bonds. The Balaban J connectivity index is 0.000000771. The van der Waals surface area contributed by atoms with Gasteiger partial charge in [-0.15, -0.1) is 0 Å². The monoisotopic (exact) mass is 250 g/mol. The second-order valence-electron chi connectivity index (χ2n) is 3.97. The molecule has 1 aliphatic heterocycles. The summed E-state index contributed by atoms with van der Waals surface area (Å²) in [6, 6.07) is 8.92. The van der Waals surface area contributed by atoms with Crippen LogP contribution in [0.2, 0.25) is 0 Å². The second-order valence-corrected chi connectivity index (χ2v) is 3.97. The Hall–Kier alpha value is -1.39. The zero-order chi connectivity index (χ0) is 13.4. The molecule has 0 bridgehead atoms. The number of esters is 1. The van der Waals surface area contributed by atoms with Gasteiger partial charge in [0, 0.05) is 12.6 Å². The van der Waals surface area contributed by atoms with Gasteiger partial charge in [0.05, 0.1) is 5.56 Å². The normalized spacial score (nSPS) is 22.6. The van der Waals surface area contributed by atoms with Gasteiger partial charge in [-0.2, -0.15) is 0 Å². The molecule has 2 unspecified atom stereocenters. The fourth-order valence-electron chi connectivity index (χ4n) is 1.76. The lowest BCUT2D eigenvalue weighted by Crippen LogP contribution is -2.50. The molecule has 0 aliphatic carbocycles. The van der Waals surface area contributed by atoms with E-state index in [9.17, 15) is 4.79 Å². The maximum Gasteiger partial charge on any atom is 0.338 e. The van der Waals surface area contributed by atoms with Gasteiger partial charge in [0.2, 0.25) is 0 Å². The third kappa shape index (κ3) is 4.13. The highest BCUT2D eigenvalue weighted by Gasteiger charge is 2.25. The van der Waals surface area contributed by atoms with Crippen LogP contribution in [0.15, 0.2) is 30.3 Å². The summed E-state index contributed by atoms with van der Waals surface area (Å²) in [5.41, 5.74) is 6.46. The van der Waals surface area contributed by atoms with Crippen LogP contribution in [-0.4, -0.2) is 31.2 Å². The minimum atomic E-state index is -0.301. The number of carbonyl (C=O) groups is 1. The van der Waals surface area contributed by atoms with E-state index in [1.807, 2.05) is 32.0 Å². The van der Waals surface area contributed by atoms with Gasteiger partial charge in [-0.1, -0.05) is 32.0 Å². The summed E-state index contributed by atoms with van der Waals surface area (Å²) in [7, 11) is 0. The van der Waals surface area contributed by atoms with E-state index in [1.54, 1.807) is 12.1 Å². The Morgan fingerprint density at radius 2 is 2.00 bits per heavy atom. The average molecular weight is 250 g/mol. The highest BCUT2D eigenvalue weighted by molar-refractivity contribution is 5.89. The van der Waals surface area contributed by atoms with Gasteiger partial charge in [0.15, 0.2) is 0 Å². The first-order chi connectivity index (χ1) is 8.77. The van der Waals surface area contributed by atoms with Crippen LogP contribution in [0.3, 0.4) is 0 Å². The molecular weight excluding hydrogens is 228 g/mol. The molecule has 0 saturated carbocycles. The van der Waals surface area contributed by atoms with Crippen molar-refractivity contribution < 1.29 is 9.53 Å². The smallest absolute Gasteiger partial charge is 0.338 e. The van der Waals surface area contributed by atoms with E-state index in [1.165, 1.54) is 0 Å². The van der Waals surface area contributed by atoms with Crippen LogP contribution in [0, 0.1) is 0 Å². The number of carbonyl (C=O) groups excluding carboxylic acids is 1. The molecule has 2 atom stereocenters. The first-order valence-electron chi connectivity index (χ1n) is 6.49. The van der Waals surface area contributed by atoms with Crippen LogP contribution in [0.1, 0.15) is 30.6 Å².